The Kier molecular flexibility index (Phi) is 3.13. The molecule has 94 valence electrons. The molecule has 1 heterocycles. The molecule has 0 aliphatic heterocycles. The molecule has 1 aromatic carbocycles. The van der Waals surface area contributed by atoms with Gasteiger partial charge >= 0.3 is 5.82 Å². The SMILES string of the molecule is Cn1c([N+](=O)[O-])cnc1COc1ccc(N)cc1. The lowest BCUT2D eigenvalue weighted by Gasteiger charge is -2.04. The maximum Gasteiger partial charge on any atom is 0.342 e. The molecule has 0 aliphatic carbocycles. The summed E-state index contributed by atoms with van der Waals surface area (Å²) in [5, 5.41) is 10.6. The van der Waals surface area contributed by atoms with Crippen LogP contribution < -0.4 is 10.5 Å². The fourth-order valence-electron chi connectivity index (χ4n) is 1.45. The zero-order valence-electron chi connectivity index (χ0n) is 9.74. The number of anilines is 1. The van der Waals surface area contributed by atoms with Crippen molar-refractivity contribution in [1.82, 2.24) is 9.55 Å². The normalized spacial score (nSPS) is 10.3. The van der Waals surface area contributed by atoms with Crippen LogP contribution in [-0.4, -0.2) is 14.5 Å². The highest BCUT2D eigenvalue weighted by molar-refractivity contribution is 5.41. The summed E-state index contributed by atoms with van der Waals surface area (Å²) in [6.45, 7) is 0.161. The van der Waals surface area contributed by atoms with Gasteiger partial charge in [-0.2, -0.15) is 0 Å². The van der Waals surface area contributed by atoms with E-state index in [-0.39, 0.29) is 12.4 Å². The van der Waals surface area contributed by atoms with Gasteiger partial charge in [-0.25, -0.2) is 9.55 Å². The van der Waals surface area contributed by atoms with Crippen LogP contribution >= 0.6 is 0 Å². The molecule has 0 aliphatic rings. The summed E-state index contributed by atoms with van der Waals surface area (Å²) in [7, 11) is 1.58. The zero-order valence-corrected chi connectivity index (χ0v) is 9.74. The molecule has 7 nitrogen and oxygen atoms in total. The van der Waals surface area contributed by atoms with Crippen LogP contribution in [0, 0.1) is 10.1 Å². The maximum atomic E-state index is 10.6. The third-order valence-electron chi connectivity index (χ3n) is 2.49. The van der Waals surface area contributed by atoms with E-state index in [4.69, 9.17) is 10.5 Å². The Morgan fingerprint density at radius 2 is 2.11 bits per heavy atom. The second-order valence-corrected chi connectivity index (χ2v) is 3.71. The van der Waals surface area contributed by atoms with Gasteiger partial charge in [0.05, 0.1) is 7.05 Å². The predicted octanol–water partition coefficient (Wildman–Crippen LogP) is 1.49. The molecule has 1 aromatic heterocycles. The third kappa shape index (κ3) is 2.40. The van der Waals surface area contributed by atoms with Gasteiger partial charge in [0, 0.05) is 5.69 Å². The quantitative estimate of drug-likeness (QED) is 0.502. The Balaban J connectivity index is 2.06. The van der Waals surface area contributed by atoms with E-state index in [1.807, 2.05) is 0 Å². The van der Waals surface area contributed by atoms with E-state index in [9.17, 15) is 10.1 Å². The van der Waals surface area contributed by atoms with E-state index >= 15 is 0 Å². The first-order valence-corrected chi connectivity index (χ1v) is 5.21. The second-order valence-electron chi connectivity index (χ2n) is 3.71. The lowest BCUT2D eigenvalue weighted by molar-refractivity contribution is -0.391. The third-order valence-corrected chi connectivity index (χ3v) is 2.49. The van der Waals surface area contributed by atoms with Crippen molar-refractivity contribution in [3.63, 3.8) is 0 Å². The van der Waals surface area contributed by atoms with Crippen molar-refractivity contribution in [2.75, 3.05) is 5.73 Å². The number of hydrogen-bond donors (Lipinski definition) is 1. The van der Waals surface area contributed by atoms with Gasteiger partial charge in [0.2, 0.25) is 5.82 Å². The average Bonchev–Trinajstić information content (AvgIpc) is 2.70. The van der Waals surface area contributed by atoms with Crippen molar-refractivity contribution >= 4 is 11.5 Å². The van der Waals surface area contributed by atoms with Crippen molar-refractivity contribution < 1.29 is 9.66 Å². The molecule has 0 atom stereocenters. The van der Waals surface area contributed by atoms with Gasteiger partial charge in [0.25, 0.3) is 0 Å². The first kappa shape index (κ1) is 11.9. The molecule has 0 spiro atoms. The van der Waals surface area contributed by atoms with Gasteiger partial charge in [-0.05, 0) is 29.2 Å². The summed E-state index contributed by atoms with van der Waals surface area (Å²) < 4.78 is 6.85. The number of imidazole rings is 1. The highest BCUT2D eigenvalue weighted by atomic mass is 16.6. The zero-order chi connectivity index (χ0) is 13.1. The summed E-state index contributed by atoms with van der Waals surface area (Å²) in [6, 6.07) is 6.89. The lowest BCUT2D eigenvalue weighted by Crippen LogP contribution is -2.05. The Bertz CT molecular complexity index is 562. The topological polar surface area (TPSA) is 96.2 Å². The van der Waals surface area contributed by atoms with Crippen LogP contribution in [0.25, 0.3) is 0 Å². The summed E-state index contributed by atoms with van der Waals surface area (Å²) in [4.78, 5) is 14.1. The molecule has 0 amide bonds. The largest absolute Gasteiger partial charge is 0.483 e. The number of hydrogen-bond acceptors (Lipinski definition) is 5. The molecule has 0 radical (unpaired) electrons. The Hall–Kier alpha value is -2.57. The fraction of sp³-hybridized carbons (Fsp3) is 0.182. The number of rotatable bonds is 4. The van der Waals surface area contributed by atoms with E-state index in [0.29, 0.717) is 17.3 Å². The first-order valence-electron chi connectivity index (χ1n) is 5.21. The van der Waals surface area contributed by atoms with E-state index in [0.717, 1.165) is 0 Å². The number of benzene rings is 1. The van der Waals surface area contributed by atoms with E-state index in [1.54, 1.807) is 31.3 Å². The van der Waals surface area contributed by atoms with E-state index in [1.165, 1.54) is 10.8 Å². The van der Waals surface area contributed by atoms with Crippen molar-refractivity contribution in [3.8, 4) is 5.75 Å². The second kappa shape index (κ2) is 4.74. The number of ether oxygens (including phenoxy) is 1. The van der Waals surface area contributed by atoms with Crippen LogP contribution in [0.15, 0.2) is 30.5 Å². The van der Waals surface area contributed by atoms with Gasteiger partial charge in [0.15, 0.2) is 6.61 Å². The minimum Gasteiger partial charge on any atom is -0.483 e. The standard InChI is InChI=1S/C11H12N4O3/c1-14-10(13-6-11(14)15(16)17)7-18-9-4-2-8(12)3-5-9/h2-6H,7,12H2,1H3. The van der Waals surface area contributed by atoms with Crippen LogP contribution in [0.4, 0.5) is 11.5 Å². The van der Waals surface area contributed by atoms with Gasteiger partial charge in [-0.15, -0.1) is 0 Å². The van der Waals surface area contributed by atoms with Crippen LogP contribution in [0.1, 0.15) is 5.82 Å². The number of nitro groups is 1. The predicted molar refractivity (Wildman–Crippen MR) is 65.0 cm³/mol. The average molecular weight is 248 g/mol. The molecule has 0 saturated heterocycles. The summed E-state index contributed by atoms with van der Waals surface area (Å²) in [5.41, 5.74) is 6.20. The Labute approximate surface area is 103 Å². The molecular weight excluding hydrogens is 236 g/mol. The molecule has 2 aromatic rings. The highest BCUT2D eigenvalue weighted by Gasteiger charge is 2.16. The number of nitrogens with zero attached hydrogens (tertiary/aromatic N) is 3. The number of aromatic nitrogens is 2. The van der Waals surface area contributed by atoms with E-state index in [2.05, 4.69) is 4.98 Å². The summed E-state index contributed by atoms with van der Waals surface area (Å²) in [5.74, 6) is 1.05. The molecule has 2 N–H and O–H groups in total. The van der Waals surface area contributed by atoms with Crippen LogP contribution in [0.3, 0.4) is 0 Å². The number of nitrogens with two attached hydrogens (primary N) is 1. The van der Waals surface area contributed by atoms with Crippen molar-refractivity contribution in [3.05, 3.63) is 46.4 Å². The maximum absolute atomic E-state index is 10.6. The molecule has 2 rings (SSSR count). The monoisotopic (exact) mass is 248 g/mol. The molecular formula is C11H12N4O3. The molecule has 18 heavy (non-hydrogen) atoms. The summed E-state index contributed by atoms with van der Waals surface area (Å²) >= 11 is 0. The smallest absolute Gasteiger partial charge is 0.342 e. The van der Waals surface area contributed by atoms with Gasteiger partial charge in [0.1, 0.15) is 11.9 Å². The Morgan fingerprint density at radius 3 is 2.67 bits per heavy atom. The molecule has 0 fully saturated rings. The first-order chi connectivity index (χ1) is 8.58. The number of nitrogen functional groups attached to an aromatic ring is 1. The van der Waals surface area contributed by atoms with Crippen molar-refractivity contribution in [2.45, 2.75) is 6.61 Å². The molecule has 0 saturated carbocycles. The Morgan fingerprint density at radius 1 is 1.44 bits per heavy atom. The minimum atomic E-state index is -0.486. The molecule has 7 heteroatoms. The van der Waals surface area contributed by atoms with Crippen LogP contribution in [-0.2, 0) is 13.7 Å². The minimum absolute atomic E-state index is 0.0640. The van der Waals surface area contributed by atoms with Crippen molar-refractivity contribution in [2.24, 2.45) is 7.05 Å². The summed E-state index contributed by atoms with van der Waals surface area (Å²) in [6.07, 6.45) is 1.21. The highest BCUT2D eigenvalue weighted by Crippen LogP contribution is 2.16. The van der Waals surface area contributed by atoms with Crippen molar-refractivity contribution in [1.29, 1.82) is 0 Å². The van der Waals surface area contributed by atoms with Gasteiger partial charge in [-0.3, -0.25) is 0 Å². The molecule has 0 unspecified atom stereocenters. The van der Waals surface area contributed by atoms with Gasteiger partial charge < -0.3 is 20.6 Å². The van der Waals surface area contributed by atoms with Crippen LogP contribution in [0.2, 0.25) is 0 Å². The molecule has 0 bridgehead atoms. The van der Waals surface area contributed by atoms with E-state index < -0.39 is 4.92 Å². The fourth-order valence-corrected chi connectivity index (χ4v) is 1.45. The lowest BCUT2D eigenvalue weighted by atomic mass is 10.3. The van der Waals surface area contributed by atoms with Crippen LogP contribution in [0.5, 0.6) is 5.75 Å². The van der Waals surface area contributed by atoms with Gasteiger partial charge in [-0.1, -0.05) is 0 Å².